The van der Waals surface area contributed by atoms with Gasteiger partial charge < -0.3 is 0 Å². The van der Waals surface area contributed by atoms with Crippen molar-refractivity contribution >= 4 is 5.82 Å². The Morgan fingerprint density at radius 2 is 2.00 bits per heavy atom. The molecule has 1 aromatic rings. The summed E-state index contributed by atoms with van der Waals surface area (Å²) in [4.78, 5) is 0.723. The molecule has 6 nitrogen and oxygen atoms in total. The summed E-state index contributed by atoms with van der Waals surface area (Å²) in [6.07, 6.45) is 5.02. The van der Waals surface area contributed by atoms with Gasteiger partial charge in [0.1, 0.15) is 0 Å². The van der Waals surface area contributed by atoms with Crippen LogP contribution in [0.2, 0.25) is 0 Å². The molecule has 13 heavy (non-hydrogen) atoms. The van der Waals surface area contributed by atoms with E-state index in [0.717, 1.165) is 9.58 Å². The van der Waals surface area contributed by atoms with Crippen LogP contribution in [0, 0.1) is 41.3 Å². The zero-order chi connectivity index (χ0) is 9.84. The number of hydrogen-bond donors (Lipinski definition) is 0. The van der Waals surface area contributed by atoms with Gasteiger partial charge in [0.2, 0.25) is 6.19 Å². The molecule has 0 bridgehead atoms. The molecule has 62 valence electrons. The zero-order valence-corrected chi connectivity index (χ0v) is 6.76. The molecular formula is C7H4N6. The summed E-state index contributed by atoms with van der Waals surface area (Å²) in [6.45, 7) is 1.66. The second-order valence-electron chi connectivity index (χ2n) is 2.19. The standard InChI is InChI=1S/C7H4N6/c1-6-2-7(11-13(6)5-10)12(3-8)4-9/h2H,1H3. The minimum Gasteiger partial charge on any atom is -0.171 e. The Morgan fingerprint density at radius 3 is 2.38 bits per heavy atom. The molecule has 0 N–H and O–H groups in total. The van der Waals surface area contributed by atoms with Crippen LogP contribution in [0.1, 0.15) is 5.69 Å². The minimum atomic E-state index is 0.157. The quantitative estimate of drug-likeness (QED) is 0.448. The first-order valence-electron chi connectivity index (χ1n) is 3.29. The molecule has 0 fully saturated rings. The summed E-state index contributed by atoms with van der Waals surface area (Å²) >= 11 is 0. The normalized spacial score (nSPS) is 8.15. The first-order valence-corrected chi connectivity index (χ1v) is 3.29. The third-order valence-corrected chi connectivity index (χ3v) is 1.40. The van der Waals surface area contributed by atoms with Gasteiger partial charge in [-0.05, 0) is 6.92 Å². The van der Waals surface area contributed by atoms with Crippen LogP contribution in [-0.2, 0) is 0 Å². The molecule has 0 aliphatic heterocycles. The Morgan fingerprint density at radius 1 is 1.38 bits per heavy atom. The molecule has 1 heterocycles. The molecule has 1 rings (SSSR count). The molecule has 0 aliphatic carbocycles. The third kappa shape index (κ3) is 1.40. The highest BCUT2D eigenvalue weighted by molar-refractivity contribution is 5.49. The molecule has 0 atom stereocenters. The van der Waals surface area contributed by atoms with Crippen LogP contribution >= 0.6 is 0 Å². The maximum absolute atomic E-state index is 8.53. The van der Waals surface area contributed by atoms with Crippen molar-refractivity contribution in [3.8, 4) is 18.6 Å². The second-order valence-corrected chi connectivity index (χ2v) is 2.19. The van der Waals surface area contributed by atoms with Crippen molar-refractivity contribution in [2.75, 3.05) is 4.90 Å². The average Bonchev–Trinajstić information content (AvgIpc) is 2.49. The summed E-state index contributed by atoms with van der Waals surface area (Å²) in [7, 11) is 0. The molecular weight excluding hydrogens is 168 g/mol. The molecule has 0 spiro atoms. The lowest BCUT2D eigenvalue weighted by Crippen LogP contribution is -2.08. The van der Waals surface area contributed by atoms with Gasteiger partial charge in [-0.15, -0.1) is 5.10 Å². The average molecular weight is 172 g/mol. The lowest BCUT2D eigenvalue weighted by Gasteiger charge is -1.96. The number of aromatic nitrogens is 2. The van der Waals surface area contributed by atoms with Gasteiger partial charge in [0, 0.05) is 6.07 Å². The highest BCUT2D eigenvalue weighted by atomic mass is 15.3. The van der Waals surface area contributed by atoms with Crippen LogP contribution in [-0.4, -0.2) is 9.78 Å². The Balaban J connectivity index is 3.15. The van der Waals surface area contributed by atoms with Crippen molar-refractivity contribution < 1.29 is 0 Å². The first kappa shape index (κ1) is 8.58. The first-order chi connectivity index (χ1) is 6.22. The molecule has 0 aliphatic rings. The number of nitriles is 3. The monoisotopic (exact) mass is 172 g/mol. The molecule has 0 amide bonds. The van der Waals surface area contributed by atoms with Crippen molar-refractivity contribution in [3.05, 3.63) is 11.8 Å². The van der Waals surface area contributed by atoms with E-state index < -0.39 is 0 Å². The van der Waals surface area contributed by atoms with Crippen molar-refractivity contribution in [2.45, 2.75) is 6.92 Å². The molecule has 0 saturated heterocycles. The number of aryl methyl sites for hydroxylation is 1. The smallest absolute Gasteiger partial charge is 0.171 e. The van der Waals surface area contributed by atoms with Crippen LogP contribution in [0.15, 0.2) is 6.07 Å². The fourth-order valence-electron chi connectivity index (χ4n) is 0.793. The van der Waals surface area contributed by atoms with Crippen LogP contribution in [0.25, 0.3) is 0 Å². The van der Waals surface area contributed by atoms with Crippen LogP contribution in [0.5, 0.6) is 0 Å². The number of rotatable bonds is 1. The second kappa shape index (κ2) is 3.25. The molecule has 6 heteroatoms. The summed E-state index contributed by atoms with van der Waals surface area (Å²) in [5.74, 6) is 0.157. The van der Waals surface area contributed by atoms with Gasteiger partial charge in [0.05, 0.1) is 5.69 Å². The molecule has 1 aromatic heterocycles. The van der Waals surface area contributed by atoms with Gasteiger partial charge in [-0.2, -0.15) is 25.4 Å². The summed E-state index contributed by atoms with van der Waals surface area (Å²) in [5.41, 5.74) is 0.577. The molecule has 0 saturated carbocycles. The van der Waals surface area contributed by atoms with Crippen molar-refractivity contribution in [1.82, 2.24) is 9.78 Å². The third-order valence-electron chi connectivity index (χ3n) is 1.40. The lowest BCUT2D eigenvalue weighted by atomic mass is 10.4. The highest BCUT2D eigenvalue weighted by Crippen LogP contribution is 2.11. The topological polar surface area (TPSA) is 92.4 Å². The highest BCUT2D eigenvalue weighted by Gasteiger charge is 2.10. The summed E-state index contributed by atoms with van der Waals surface area (Å²) in [5, 5.41) is 29.2. The Bertz CT molecular complexity index is 423. The van der Waals surface area contributed by atoms with Gasteiger partial charge in [0.25, 0.3) is 0 Å². The van der Waals surface area contributed by atoms with E-state index in [-0.39, 0.29) is 5.82 Å². The van der Waals surface area contributed by atoms with E-state index in [0.29, 0.717) is 5.69 Å². The molecule has 0 unspecified atom stereocenters. The molecule has 0 aromatic carbocycles. The van der Waals surface area contributed by atoms with E-state index in [2.05, 4.69) is 5.10 Å². The lowest BCUT2D eigenvalue weighted by molar-refractivity contribution is 0.861. The minimum absolute atomic E-state index is 0.157. The van der Waals surface area contributed by atoms with Crippen molar-refractivity contribution in [1.29, 1.82) is 15.8 Å². The fourth-order valence-corrected chi connectivity index (χ4v) is 0.793. The Kier molecular flexibility index (Phi) is 2.14. The predicted octanol–water partition coefficient (Wildman–Crippen LogP) is 0.289. The molecule has 0 radical (unpaired) electrons. The number of nitrogens with zero attached hydrogens (tertiary/aromatic N) is 6. The summed E-state index contributed by atoms with van der Waals surface area (Å²) < 4.78 is 1.04. The van der Waals surface area contributed by atoms with E-state index in [4.69, 9.17) is 15.8 Å². The Hall–Kier alpha value is -2.52. The fraction of sp³-hybridized carbons (Fsp3) is 0.143. The van der Waals surface area contributed by atoms with E-state index in [1.54, 1.807) is 25.5 Å². The largest absolute Gasteiger partial charge is 0.206 e. The van der Waals surface area contributed by atoms with E-state index >= 15 is 0 Å². The van der Waals surface area contributed by atoms with Crippen molar-refractivity contribution in [2.24, 2.45) is 0 Å². The predicted molar refractivity (Wildman–Crippen MR) is 41.7 cm³/mol. The van der Waals surface area contributed by atoms with E-state index in [1.165, 1.54) is 6.07 Å². The maximum Gasteiger partial charge on any atom is 0.206 e. The van der Waals surface area contributed by atoms with Crippen LogP contribution in [0.3, 0.4) is 0 Å². The summed E-state index contributed by atoms with van der Waals surface area (Å²) in [6, 6.07) is 1.48. The number of hydrogen-bond acceptors (Lipinski definition) is 5. The van der Waals surface area contributed by atoms with Crippen LogP contribution in [0.4, 0.5) is 5.82 Å². The Labute approximate surface area is 74.4 Å². The van der Waals surface area contributed by atoms with Gasteiger partial charge in [-0.3, -0.25) is 0 Å². The zero-order valence-electron chi connectivity index (χ0n) is 6.76. The van der Waals surface area contributed by atoms with Gasteiger partial charge >= 0.3 is 0 Å². The number of anilines is 1. The van der Waals surface area contributed by atoms with E-state index in [9.17, 15) is 0 Å². The van der Waals surface area contributed by atoms with Gasteiger partial charge in [-0.25, -0.2) is 0 Å². The van der Waals surface area contributed by atoms with Crippen molar-refractivity contribution in [3.63, 3.8) is 0 Å². The van der Waals surface area contributed by atoms with E-state index in [1.807, 2.05) is 0 Å². The SMILES string of the molecule is Cc1cc(N(C#N)C#N)nn1C#N. The van der Waals surface area contributed by atoms with Gasteiger partial charge in [0.15, 0.2) is 18.2 Å². The van der Waals surface area contributed by atoms with Crippen LogP contribution < -0.4 is 4.90 Å². The van der Waals surface area contributed by atoms with Gasteiger partial charge in [-0.1, -0.05) is 0 Å². The maximum atomic E-state index is 8.53.